The van der Waals surface area contributed by atoms with Crippen LogP contribution in [0.25, 0.3) is 0 Å². The number of rotatable bonds is 3. The highest BCUT2D eigenvalue weighted by Crippen LogP contribution is 2.26. The Balaban J connectivity index is 2.07. The summed E-state index contributed by atoms with van der Waals surface area (Å²) in [6.07, 6.45) is 3.19. The fourth-order valence-electron chi connectivity index (χ4n) is 2.28. The first-order valence-electron chi connectivity index (χ1n) is 6.24. The average molecular weight is 322 g/mol. The van der Waals surface area contributed by atoms with Gasteiger partial charge < -0.3 is 4.90 Å². The summed E-state index contributed by atoms with van der Waals surface area (Å²) in [5, 5.41) is 1.56. The van der Waals surface area contributed by atoms with E-state index in [1.54, 1.807) is 10.3 Å². The molecule has 1 aromatic rings. The first-order valence-corrected chi connectivity index (χ1v) is 9.43. The summed E-state index contributed by atoms with van der Waals surface area (Å²) >= 11 is 0.986. The summed E-state index contributed by atoms with van der Waals surface area (Å²) in [5.41, 5.74) is 0.416. The maximum atomic E-state index is 12.2. The van der Waals surface area contributed by atoms with Crippen LogP contribution in [0.15, 0.2) is 15.7 Å². The van der Waals surface area contributed by atoms with Crippen molar-refractivity contribution >= 4 is 37.0 Å². The molecule has 2 heterocycles. The van der Waals surface area contributed by atoms with E-state index in [1.807, 2.05) is 0 Å². The Labute approximate surface area is 121 Å². The van der Waals surface area contributed by atoms with Crippen molar-refractivity contribution in [2.24, 2.45) is 5.92 Å². The molecule has 0 unspecified atom stereocenters. The molecular weight excluding hydrogens is 306 g/mol. The molecule has 1 amide bonds. The standard InChI is InChI=1S/C12H16ClNO3S2/c1-2-9-3-5-14(6-4-9)12(15)10-7-11(18-8-10)19(13,16)17/h7-9H,2-6H2,1H3. The van der Waals surface area contributed by atoms with E-state index >= 15 is 0 Å². The van der Waals surface area contributed by atoms with Gasteiger partial charge in [0.2, 0.25) is 0 Å². The SMILES string of the molecule is CCC1CCN(C(=O)c2csc(S(=O)(=O)Cl)c2)CC1. The number of halogens is 1. The smallest absolute Gasteiger partial charge is 0.270 e. The molecule has 0 saturated carbocycles. The Hall–Kier alpha value is -0.590. The van der Waals surface area contributed by atoms with Gasteiger partial charge >= 0.3 is 0 Å². The van der Waals surface area contributed by atoms with Gasteiger partial charge in [-0.3, -0.25) is 4.79 Å². The van der Waals surface area contributed by atoms with Crippen LogP contribution in [-0.2, 0) is 9.05 Å². The quantitative estimate of drug-likeness (QED) is 0.804. The highest BCUT2D eigenvalue weighted by molar-refractivity contribution is 8.15. The van der Waals surface area contributed by atoms with Crippen molar-refractivity contribution in [1.82, 2.24) is 4.90 Å². The molecule has 1 saturated heterocycles. The molecule has 7 heteroatoms. The Bertz CT molecular complexity index is 559. The van der Waals surface area contributed by atoms with E-state index in [0.717, 1.165) is 43.7 Å². The van der Waals surface area contributed by atoms with Crippen LogP contribution in [0.1, 0.15) is 36.5 Å². The molecule has 0 radical (unpaired) electrons. The molecule has 0 atom stereocenters. The van der Waals surface area contributed by atoms with Crippen molar-refractivity contribution in [2.45, 2.75) is 30.4 Å². The van der Waals surface area contributed by atoms with Gasteiger partial charge in [-0.1, -0.05) is 13.3 Å². The molecule has 0 aromatic carbocycles. The van der Waals surface area contributed by atoms with Crippen LogP contribution in [0, 0.1) is 5.92 Å². The van der Waals surface area contributed by atoms with Gasteiger partial charge in [0.15, 0.2) is 0 Å². The Morgan fingerprint density at radius 2 is 2.11 bits per heavy atom. The molecule has 1 aliphatic rings. The number of likely N-dealkylation sites (tertiary alicyclic amines) is 1. The summed E-state index contributed by atoms with van der Waals surface area (Å²) in [5.74, 6) is 0.600. The lowest BCUT2D eigenvalue weighted by Crippen LogP contribution is -2.38. The van der Waals surface area contributed by atoms with Crippen LogP contribution in [0.2, 0.25) is 0 Å². The molecular formula is C12H16ClNO3S2. The number of amides is 1. The van der Waals surface area contributed by atoms with Crippen LogP contribution in [0.4, 0.5) is 0 Å². The third-order valence-corrected chi connectivity index (χ3v) is 6.58. The van der Waals surface area contributed by atoms with Gasteiger partial charge in [0.05, 0.1) is 5.56 Å². The van der Waals surface area contributed by atoms with E-state index in [9.17, 15) is 13.2 Å². The molecule has 0 aliphatic carbocycles. The molecule has 1 aliphatic heterocycles. The van der Waals surface area contributed by atoms with E-state index in [1.165, 1.54) is 6.07 Å². The van der Waals surface area contributed by atoms with E-state index in [0.29, 0.717) is 11.5 Å². The van der Waals surface area contributed by atoms with Crippen molar-refractivity contribution in [3.05, 3.63) is 17.0 Å². The van der Waals surface area contributed by atoms with Crippen molar-refractivity contribution in [3.8, 4) is 0 Å². The molecule has 19 heavy (non-hydrogen) atoms. The van der Waals surface area contributed by atoms with Gasteiger partial charge in [-0.2, -0.15) is 0 Å². The van der Waals surface area contributed by atoms with Crippen molar-refractivity contribution in [1.29, 1.82) is 0 Å². The van der Waals surface area contributed by atoms with E-state index < -0.39 is 9.05 Å². The van der Waals surface area contributed by atoms with Crippen LogP contribution in [0.3, 0.4) is 0 Å². The fourth-order valence-corrected chi connectivity index (χ4v) is 4.22. The van der Waals surface area contributed by atoms with Crippen LogP contribution in [-0.4, -0.2) is 32.3 Å². The maximum Gasteiger partial charge on any atom is 0.270 e. The van der Waals surface area contributed by atoms with Gasteiger partial charge in [0, 0.05) is 29.2 Å². The monoisotopic (exact) mass is 321 g/mol. The van der Waals surface area contributed by atoms with Gasteiger partial charge in [0.1, 0.15) is 4.21 Å². The molecule has 106 valence electrons. The summed E-state index contributed by atoms with van der Waals surface area (Å²) < 4.78 is 22.4. The zero-order chi connectivity index (χ0) is 14.0. The third-order valence-electron chi connectivity index (χ3n) is 3.54. The summed E-state index contributed by atoms with van der Waals surface area (Å²) in [4.78, 5) is 14.0. The number of hydrogen-bond donors (Lipinski definition) is 0. The second-order valence-corrected chi connectivity index (χ2v) is 8.44. The number of hydrogen-bond acceptors (Lipinski definition) is 4. The second kappa shape index (κ2) is 5.81. The van der Waals surface area contributed by atoms with Crippen molar-refractivity contribution in [2.75, 3.05) is 13.1 Å². The van der Waals surface area contributed by atoms with Gasteiger partial charge in [-0.25, -0.2) is 8.42 Å². The molecule has 0 spiro atoms. The van der Waals surface area contributed by atoms with Crippen molar-refractivity contribution in [3.63, 3.8) is 0 Å². The lowest BCUT2D eigenvalue weighted by Gasteiger charge is -2.31. The van der Waals surface area contributed by atoms with E-state index in [4.69, 9.17) is 10.7 Å². The highest BCUT2D eigenvalue weighted by atomic mass is 35.7. The molecule has 0 bridgehead atoms. The first-order chi connectivity index (χ1) is 8.91. The fraction of sp³-hybridized carbons (Fsp3) is 0.583. The van der Waals surface area contributed by atoms with Crippen LogP contribution in [0.5, 0.6) is 0 Å². The highest BCUT2D eigenvalue weighted by Gasteiger charge is 2.24. The zero-order valence-corrected chi connectivity index (χ0v) is 13.0. The Morgan fingerprint density at radius 3 is 2.58 bits per heavy atom. The molecule has 0 N–H and O–H groups in total. The third kappa shape index (κ3) is 3.49. The van der Waals surface area contributed by atoms with Crippen LogP contribution < -0.4 is 0 Å². The summed E-state index contributed by atoms with van der Waals surface area (Å²) in [6.45, 7) is 3.66. The first kappa shape index (κ1) is 14.8. The predicted octanol–water partition coefficient (Wildman–Crippen LogP) is 2.94. The minimum Gasteiger partial charge on any atom is -0.339 e. The number of thiophene rings is 1. The Kier molecular flexibility index (Phi) is 4.53. The zero-order valence-electron chi connectivity index (χ0n) is 10.6. The molecule has 1 fully saturated rings. The van der Waals surface area contributed by atoms with Gasteiger partial charge in [-0.15, -0.1) is 11.3 Å². The molecule has 4 nitrogen and oxygen atoms in total. The lowest BCUT2D eigenvalue weighted by atomic mass is 9.94. The van der Waals surface area contributed by atoms with E-state index in [-0.39, 0.29) is 10.1 Å². The van der Waals surface area contributed by atoms with E-state index in [2.05, 4.69) is 6.92 Å². The normalized spacial score (nSPS) is 17.7. The average Bonchev–Trinajstić information content (AvgIpc) is 2.87. The summed E-state index contributed by atoms with van der Waals surface area (Å²) in [6, 6.07) is 1.36. The lowest BCUT2D eigenvalue weighted by molar-refractivity contribution is 0.0689. The molecule has 1 aromatic heterocycles. The molecule has 2 rings (SSSR count). The largest absolute Gasteiger partial charge is 0.339 e. The van der Waals surface area contributed by atoms with Gasteiger partial charge in [-0.05, 0) is 24.8 Å². The Morgan fingerprint density at radius 1 is 1.47 bits per heavy atom. The van der Waals surface area contributed by atoms with Gasteiger partial charge in [0.25, 0.3) is 15.0 Å². The topological polar surface area (TPSA) is 54.5 Å². The predicted molar refractivity (Wildman–Crippen MR) is 76.3 cm³/mol. The van der Waals surface area contributed by atoms with Crippen LogP contribution >= 0.6 is 22.0 Å². The number of piperidine rings is 1. The summed E-state index contributed by atoms with van der Waals surface area (Å²) in [7, 11) is 1.52. The number of nitrogens with zero attached hydrogens (tertiary/aromatic N) is 1. The second-order valence-electron chi connectivity index (χ2n) is 4.74. The van der Waals surface area contributed by atoms with Crippen molar-refractivity contribution < 1.29 is 13.2 Å². The number of carbonyl (C=O) groups excluding carboxylic acids is 1. The maximum absolute atomic E-state index is 12.2. The number of carbonyl (C=O) groups is 1. The minimum atomic E-state index is -3.74. The minimum absolute atomic E-state index is 0.0287.